The van der Waals surface area contributed by atoms with Crippen molar-refractivity contribution in [3.8, 4) is 0 Å². The number of halogens is 1. The number of fused-ring (bicyclic) bond motifs is 3. The van der Waals surface area contributed by atoms with Crippen LogP contribution in [0.25, 0.3) is 0 Å². The molecule has 0 aromatic heterocycles. The zero-order chi connectivity index (χ0) is 16.9. The highest BCUT2D eigenvalue weighted by molar-refractivity contribution is 5.58. The van der Waals surface area contributed by atoms with E-state index >= 15 is 0 Å². The van der Waals surface area contributed by atoms with E-state index in [4.69, 9.17) is 4.74 Å². The molecule has 0 saturated carbocycles. The molecule has 3 aliphatic rings. The maximum absolute atomic E-state index is 14.5. The molecule has 1 fully saturated rings. The summed E-state index contributed by atoms with van der Waals surface area (Å²) in [6.07, 6.45) is 7.58. The Kier molecular flexibility index (Phi) is 3.80. The Labute approximate surface area is 143 Å². The fourth-order valence-electron chi connectivity index (χ4n) is 4.27. The van der Waals surface area contributed by atoms with Crippen molar-refractivity contribution in [1.29, 1.82) is 0 Å². The normalized spacial score (nSPS) is 34.6. The van der Waals surface area contributed by atoms with Crippen LogP contribution in [0.15, 0.2) is 42.5 Å². The zero-order valence-electron chi connectivity index (χ0n) is 14.6. The van der Waals surface area contributed by atoms with E-state index in [9.17, 15) is 4.39 Å². The van der Waals surface area contributed by atoms with Gasteiger partial charge in [0.05, 0.1) is 6.10 Å². The largest absolute Gasteiger partial charge is 0.381 e. The number of hydrogen-bond acceptors (Lipinski definition) is 2. The number of rotatable bonds is 1. The molecule has 24 heavy (non-hydrogen) atoms. The first-order chi connectivity index (χ1) is 11.4. The van der Waals surface area contributed by atoms with Crippen LogP contribution < -0.4 is 5.32 Å². The predicted octanol–water partition coefficient (Wildman–Crippen LogP) is 4.94. The minimum atomic E-state index is -0.927. The van der Waals surface area contributed by atoms with Crippen LogP contribution in [0.2, 0.25) is 0 Å². The SMILES string of the molecule is CC(C)(C)c1ccc2c(c1)C1OCCC1C(C1C=CC=CC1F)N2. The minimum Gasteiger partial charge on any atom is -0.381 e. The molecule has 5 atom stereocenters. The highest BCUT2D eigenvalue weighted by Gasteiger charge is 2.45. The Balaban J connectivity index is 1.71. The Bertz CT molecular complexity index is 688. The van der Waals surface area contributed by atoms with Crippen molar-refractivity contribution in [1.82, 2.24) is 0 Å². The summed E-state index contributed by atoms with van der Waals surface area (Å²) < 4.78 is 20.6. The van der Waals surface area contributed by atoms with Crippen molar-refractivity contribution < 1.29 is 9.13 Å². The quantitative estimate of drug-likeness (QED) is 0.789. The highest BCUT2D eigenvalue weighted by Crippen LogP contribution is 2.48. The number of hydrogen-bond donors (Lipinski definition) is 1. The van der Waals surface area contributed by atoms with Crippen LogP contribution >= 0.6 is 0 Å². The highest BCUT2D eigenvalue weighted by atomic mass is 19.1. The van der Waals surface area contributed by atoms with Gasteiger partial charge in [0.2, 0.25) is 0 Å². The number of alkyl halides is 1. The Morgan fingerprint density at radius 1 is 1.17 bits per heavy atom. The molecule has 1 aliphatic carbocycles. The summed E-state index contributed by atoms with van der Waals surface area (Å²) in [6, 6.07) is 6.70. The van der Waals surface area contributed by atoms with E-state index in [1.807, 2.05) is 12.2 Å². The molecule has 5 unspecified atom stereocenters. The second-order valence-electron chi connectivity index (χ2n) is 8.26. The van der Waals surface area contributed by atoms with Gasteiger partial charge in [0, 0.05) is 35.7 Å². The first-order valence-electron chi connectivity index (χ1n) is 8.97. The molecule has 0 bridgehead atoms. The molecular weight excluding hydrogens is 301 g/mol. The number of ether oxygens (including phenoxy) is 1. The molecule has 4 rings (SSSR count). The maximum Gasteiger partial charge on any atom is 0.127 e. The van der Waals surface area contributed by atoms with Crippen molar-refractivity contribution in [2.45, 2.75) is 50.9 Å². The Morgan fingerprint density at radius 3 is 2.71 bits per heavy atom. The van der Waals surface area contributed by atoms with Crippen LogP contribution in [0, 0.1) is 11.8 Å². The van der Waals surface area contributed by atoms with Gasteiger partial charge in [-0.1, -0.05) is 57.2 Å². The van der Waals surface area contributed by atoms with Crippen LogP contribution in [0.5, 0.6) is 0 Å². The van der Waals surface area contributed by atoms with Crippen LogP contribution in [0.1, 0.15) is 44.4 Å². The molecule has 2 nitrogen and oxygen atoms in total. The van der Waals surface area contributed by atoms with Crippen molar-refractivity contribution in [2.75, 3.05) is 11.9 Å². The van der Waals surface area contributed by atoms with Gasteiger partial charge in [-0.05, 0) is 23.5 Å². The van der Waals surface area contributed by atoms with Crippen molar-refractivity contribution >= 4 is 5.69 Å². The lowest BCUT2D eigenvalue weighted by molar-refractivity contribution is 0.0748. The summed E-state index contributed by atoms with van der Waals surface area (Å²) in [5, 5.41) is 3.64. The van der Waals surface area contributed by atoms with Gasteiger partial charge in [-0.15, -0.1) is 0 Å². The third-order valence-corrected chi connectivity index (χ3v) is 5.67. The van der Waals surface area contributed by atoms with Gasteiger partial charge in [-0.25, -0.2) is 4.39 Å². The second kappa shape index (κ2) is 5.73. The molecule has 1 saturated heterocycles. The summed E-state index contributed by atoms with van der Waals surface area (Å²) in [6.45, 7) is 7.45. The van der Waals surface area contributed by atoms with Crippen LogP contribution in [-0.2, 0) is 10.2 Å². The van der Waals surface area contributed by atoms with Crippen LogP contribution in [-0.4, -0.2) is 18.8 Å². The van der Waals surface area contributed by atoms with Gasteiger partial charge in [-0.3, -0.25) is 0 Å². The van der Waals surface area contributed by atoms with Gasteiger partial charge in [-0.2, -0.15) is 0 Å². The van der Waals surface area contributed by atoms with Gasteiger partial charge >= 0.3 is 0 Å². The zero-order valence-corrected chi connectivity index (χ0v) is 14.6. The fourth-order valence-corrected chi connectivity index (χ4v) is 4.27. The number of nitrogens with one attached hydrogen (secondary N) is 1. The molecule has 128 valence electrons. The van der Waals surface area contributed by atoms with E-state index in [-0.39, 0.29) is 23.5 Å². The monoisotopic (exact) mass is 327 g/mol. The summed E-state index contributed by atoms with van der Waals surface area (Å²) in [5.74, 6) is 0.201. The lowest BCUT2D eigenvalue weighted by atomic mass is 9.74. The average Bonchev–Trinajstić information content (AvgIpc) is 3.03. The van der Waals surface area contributed by atoms with E-state index in [0.717, 1.165) is 18.7 Å². The Morgan fingerprint density at radius 2 is 1.96 bits per heavy atom. The van der Waals surface area contributed by atoms with Gasteiger partial charge in [0.15, 0.2) is 0 Å². The molecular formula is C21H26FNO. The van der Waals surface area contributed by atoms with Gasteiger partial charge in [0.25, 0.3) is 0 Å². The molecule has 1 aromatic carbocycles. The molecule has 0 spiro atoms. The summed E-state index contributed by atoms with van der Waals surface area (Å²) in [4.78, 5) is 0. The molecule has 2 heterocycles. The van der Waals surface area contributed by atoms with Crippen LogP contribution in [0.4, 0.5) is 10.1 Å². The standard InChI is InChI=1S/C21H26FNO/c1-21(2,3)13-8-9-18-16(12-13)20-15(10-11-24-20)19(23-18)14-6-4-5-7-17(14)22/h4-9,12,14-15,17,19-20,23H,10-11H2,1-3H3. The first kappa shape index (κ1) is 15.9. The number of anilines is 1. The first-order valence-corrected chi connectivity index (χ1v) is 8.97. The van der Waals surface area contributed by atoms with Crippen molar-refractivity contribution in [3.05, 3.63) is 53.6 Å². The molecule has 0 radical (unpaired) electrons. The minimum absolute atomic E-state index is 0.0834. The fraction of sp³-hybridized carbons (Fsp3) is 0.524. The van der Waals surface area contributed by atoms with E-state index in [2.05, 4.69) is 44.3 Å². The molecule has 1 aromatic rings. The smallest absolute Gasteiger partial charge is 0.127 e. The summed E-state index contributed by atoms with van der Waals surface area (Å²) >= 11 is 0. The summed E-state index contributed by atoms with van der Waals surface area (Å²) in [5.41, 5.74) is 3.78. The topological polar surface area (TPSA) is 21.3 Å². The van der Waals surface area contributed by atoms with Crippen molar-refractivity contribution in [2.24, 2.45) is 11.8 Å². The lowest BCUT2D eigenvalue weighted by Gasteiger charge is -2.41. The third-order valence-electron chi connectivity index (χ3n) is 5.67. The van der Waals surface area contributed by atoms with Gasteiger partial charge in [0.1, 0.15) is 6.17 Å². The maximum atomic E-state index is 14.5. The summed E-state index contributed by atoms with van der Waals surface area (Å²) in [7, 11) is 0. The average molecular weight is 327 g/mol. The van der Waals surface area contributed by atoms with Crippen molar-refractivity contribution in [3.63, 3.8) is 0 Å². The number of benzene rings is 1. The molecule has 1 N–H and O–H groups in total. The molecule has 2 aliphatic heterocycles. The van der Waals surface area contributed by atoms with Gasteiger partial charge < -0.3 is 10.1 Å². The third kappa shape index (κ3) is 2.59. The predicted molar refractivity (Wildman–Crippen MR) is 96.0 cm³/mol. The molecule has 3 heteroatoms. The molecule has 0 amide bonds. The number of allylic oxidation sites excluding steroid dienone is 3. The van der Waals surface area contributed by atoms with E-state index in [1.54, 1.807) is 12.2 Å². The lowest BCUT2D eigenvalue weighted by Crippen LogP contribution is -2.44. The Hall–Kier alpha value is -1.61. The van der Waals surface area contributed by atoms with E-state index in [0.29, 0.717) is 5.92 Å². The van der Waals surface area contributed by atoms with E-state index < -0.39 is 6.17 Å². The van der Waals surface area contributed by atoms with Crippen LogP contribution in [0.3, 0.4) is 0 Å². The van der Waals surface area contributed by atoms with E-state index in [1.165, 1.54) is 11.1 Å². The second-order valence-corrected chi connectivity index (χ2v) is 8.26.